The number of aliphatic hydroxyl groups is 1. The van der Waals surface area contributed by atoms with Crippen molar-refractivity contribution in [2.24, 2.45) is 0 Å². The van der Waals surface area contributed by atoms with Crippen LogP contribution in [0.3, 0.4) is 0 Å². The van der Waals surface area contributed by atoms with Crippen LogP contribution in [0.2, 0.25) is 0 Å². The van der Waals surface area contributed by atoms with E-state index in [0.29, 0.717) is 0 Å². The molecule has 2 aromatic carbocycles. The molecule has 0 atom stereocenters. The quantitative estimate of drug-likeness (QED) is 0.606. The van der Waals surface area contributed by atoms with E-state index in [4.69, 9.17) is 0 Å². The van der Waals surface area contributed by atoms with Crippen LogP contribution in [0, 0.1) is 0 Å². The van der Waals surface area contributed by atoms with Crippen molar-refractivity contribution in [3.63, 3.8) is 0 Å². The molecule has 0 bridgehead atoms. The Kier molecular flexibility index (Phi) is 3.77. The predicted molar refractivity (Wildman–Crippen MR) is 72.5 cm³/mol. The molecule has 1 N–H and O–H groups in total. The number of allylic oxidation sites excluding steroid dienone is 1. The normalized spacial score (nSPS) is 11.9. The molecule has 0 aliphatic carbocycles. The number of hydrogen-bond acceptors (Lipinski definition) is 1. The molecule has 0 unspecified atom stereocenters. The molecule has 84 valence electrons. The van der Waals surface area contributed by atoms with Gasteiger partial charge in [-0.05, 0) is 23.3 Å². The lowest BCUT2D eigenvalue weighted by atomic mass is 10.1. The Bertz CT molecular complexity index is 510. The van der Waals surface area contributed by atoms with Gasteiger partial charge in [-0.15, -0.1) is 0 Å². The fraction of sp³-hybridized carbons (Fsp3) is 0. The summed E-state index contributed by atoms with van der Waals surface area (Å²) in [5, 5.41) is 9.74. The first kappa shape index (κ1) is 11.2. The zero-order valence-electron chi connectivity index (χ0n) is 9.45. The minimum Gasteiger partial charge on any atom is -0.508 e. The van der Waals surface area contributed by atoms with E-state index in [9.17, 15) is 5.11 Å². The van der Waals surface area contributed by atoms with Crippen LogP contribution < -0.4 is 0 Å². The topological polar surface area (TPSA) is 20.2 Å². The second-order valence-corrected chi connectivity index (χ2v) is 3.72. The molecule has 0 heterocycles. The summed E-state index contributed by atoms with van der Waals surface area (Å²) in [4.78, 5) is 0. The van der Waals surface area contributed by atoms with Crippen molar-refractivity contribution in [2.45, 2.75) is 0 Å². The molecular weight excluding hydrogens is 208 g/mol. The molecule has 0 fully saturated rings. The van der Waals surface area contributed by atoms with Gasteiger partial charge in [-0.1, -0.05) is 66.7 Å². The molecule has 0 aliphatic rings. The molecule has 17 heavy (non-hydrogen) atoms. The molecule has 2 rings (SSSR count). The first-order chi connectivity index (χ1) is 8.34. The Balaban J connectivity index is 2.09. The second-order valence-electron chi connectivity index (χ2n) is 3.72. The molecule has 1 nitrogen and oxygen atoms in total. The fourth-order valence-electron chi connectivity index (χ4n) is 1.51. The van der Waals surface area contributed by atoms with Gasteiger partial charge in [-0.3, -0.25) is 0 Å². The summed E-state index contributed by atoms with van der Waals surface area (Å²) in [6.45, 7) is 0. The van der Waals surface area contributed by atoms with Crippen molar-refractivity contribution < 1.29 is 5.11 Å². The first-order valence-corrected chi connectivity index (χ1v) is 5.53. The van der Waals surface area contributed by atoms with Gasteiger partial charge in [-0.2, -0.15) is 0 Å². The molecule has 2 aromatic rings. The van der Waals surface area contributed by atoms with Crippen LogP contribution in [-0.4, -0.2) is 5.11 Å². The number of hydrogen-bond donors (Lipinski definition) is 1. The molecule has 0 saturated heterocycles. The average Bonchev–Trinajstić information content (AvgIpc) is 2.39. The second kappa shape index (κ2) is 5.71. The summed E-state index contributed by atoms with van der Waals surface area (Å²) < 4.78 is 0. The van der Waals surface area contributed by atoms with E-state index in [2.05, 4.69) is 0 Å². The van der Waals surface area contributed by atoms with Crippen LogP contribution in [0.4, 0.5) is 0 Å². The van der Waals surface area contributed by atoms with Crippen LogP contribution in [0.5, 0.6) is 0 Å². The monoisotopic (exact) mass is 222 g/mol. The summed E-state index contributed by atoms with van der Waals surface area (Å²) >= 11 is 0. The van der Waals surface area contributed by atoms with Gasteiger partial charge in [0.05, 0.1) is 0 Å². The zero-order chi connectivity index (χ0) is 11.9. The Labute approximate surface area is 101 Å². The molecule has 0 radical (unpaired) electrons. The van der Waals surface area contributed by atoms with E-state index < -0.39 is 0 Å². The molecular formula is C16H14O. The number of aliphatic hydroxyl groups excluding tert-OH is 1. The third kappa shape index (κ3) is 3.65. The molecule has 0 saturated carbocycles. The molecule has 0 spiro atoms. The van der Waals surface area contributed by atoms with Crippen molar-refractivity contribution in [3.05, 3.63) is 83.6 Å². The SMILES string of the molecule is OC(C=Cc1ccccc1)=Cc1ccccc1. The van der Waals surface area contributed by atoms with Crippen LogP contribution in [0.1, 0.15) is 11.1 Å². The van der Waals surface area contributed by atoms with Gasteiger partial charge < -0.3 is 5.11 Å². The summed E-state index contributed by atoms with van der Waals surface area (Å²) in [5.41, 5.74) is 2.06. The van der Waals surface area contributed by atoms with Crippen molar-refractivity contribution in [2.75, 3.05) is 0 Å². The van der Waals surface area contributed by atoms with Gasteiger partial charge in [0.15, 0.2) is 0 Å². The van der Waals surface area contributed by atoms with Gasteiger partial charge in [0, 0.05) is 0 Å². The summed E-state index contributed by atoms with van der Waals surface area (Å²) in [6, 6.07) is 19.6. The first-order valence-electron chi connectivity index (χ1n) is 5.53. The van der Waals surface area contributed by atoms with E-state index >= 15 is 0 Å². The van der Waals surface area contributed by atoms with E-state index in [-0.39, 0.29) is 5.76 Å². The van der Waals surface area contributed by atoms with Crippen LogP contribution in [0.25, 0.3) is 12.2 Å². The van der Waals surface area contributed by atoms with Crippen molar-refractivity contribution >= 4 is 12.2 Å². The predicted octanol–water partition coefficient (Wildman–Crippen LogP) is 4.30. The highest BCUT2D eigenvalue weighted by Crippen LogP contribution is 2.08. The summed E-state index contributed by atoms with van der Waals surface area (Å²) in [6.07, 6.45) is 5.32. The maximum Gasteiger partial charge on any atom is 0.116 e. The third-order valence-electron chi connectivity index (χ3n) is 2.36. The van der Waals surface area contributed by atoms with E-state index in [1.54, 1.807) is 12.2 Å². The van der Waals surface area contributed by atoms with Crippen LogP contribution in [0.15, 0.2) is 72.5 Å². The number of benzene rings is 2. The molecule has 0 aromatic heterocycles. The largest absolute Gasteiger partial charge is 0.508 e. The van der Waals surface area contributed by atoms with Gasteiger partial charge in [0.2, 0.25) is 0 Å². The van der Waals surface area contributed by atoms with E-state index in [1.807, 2.05) is 66.7 Å². The van der Waals surface area contributed by atoms with Gasteiger partial charge in [0.1, 0.15) is 5.76 Å². The van der Waals surface area contributed by atoms with E-state index in [0.717, 1.165) is 11.1 Å². The highest BCUT2D eigenvalue weighted by atomic mass is 16.3. The lowest BCUT2D eigenvalue weighted by molar-refractivity contribution is 0.438. The Morgan fingerprint density at radius 2 is 1.29 bits per heavy atom. The molecule has 0 aliphatic heterocycles. The minimum atomic E-state index is 0.250. The summed E-state index contributed by atoms with van der Waals surface area (Å²) in [5.74, 6) is 0.250. The van der Waals surface area contributed by atoms with Gasteiger partial charge in [0.25, 0.3) is 0 Å². The maximum atomic E-state index is 9.74. The van der Waals surface area contributed by atoms with Crippen LogP contribution >= 0.6 is 0 Å². The Morgan fingerprint density at radius 3 is 1.88 bits per heavy atom. The Hall–Kier alpha value is -2.28. The van der Waals surface area contributed by atoms with Crippen molar-refractivity contribution in [1.82, 2.24) is 0 Å². The number of rotatable bonds is 3. The third-order valence-corrected chi connectivity index (χ3v) is 2.36. The molecule has 1 heteroatoms. The lowest BCUT2D eigenvalue weighted by Crippen LogP contribution is -1.76. The minimum absolute atomic E-state index is 0.250. The zero-order valence-corrected chi connectivity index (χ0v) is 9.45. The smallest absolute Gasteiger partial charge is 0.116 e. The fourth-order valence-corrected chi connectivity index (χ4v) is 1.51. The van der Waals surface area contributed by atoms with Gasteiger partial charge in [-0.25, -0.2) is 0 Å². The van der Waals surface area contributed by atoms with Crippen molar-refractivity contribution in [3.8, 4) is 0 Å². The van der Waals surface area contributed by atoms with Gasteiger partial charge >= 0.3 is 0 Å². The van der Waals surface area contributed by atoms with Crippen LogP contribution in [-0.2, 0) is 0 Å². The van der Waals surface area contributed by atoms with E-state index in [1.165, 1.54) is 0 Å². The van der Waals surface area contributed by atoms with Crippen molar-refractivity contribution in [1.29, 1.82) is 0 Å². The summed E-state index contributed by atoms with van der Waals surface area (Å²) in [7, 11) is 0. The molecule has 0 amide bonds. The highest BCUT2D eigenvalue weighted by Gasteiger charge is 1.89. The highest BCUT2D eigenvalue weighted by molar-refractivity contribution is 5.59. The average molecular weight is 222 g/mol. The standard InChI is InChI=1S/C16H14O/c17-16(13-15-9-5-2-6-10-15)12-11-14-7-3-1-4-8-14/h1-13,17H. The maximum absolute atomic E-state index is 9.74. The lowest BCUT2D eigenvalue weighted by Gasteiger charge is -1.94. The Morgan fingerprint density at radius 1 is 0.765 bits per heavy atom.